The summed E-state index contributed by atoms with van der Waals surface area (Å²) < 4.78 is 1.95. The summed E-state index contributed by atoms with van der Waals surface area (Å²) in [5.41, 5.74) is 6.07. The van der Waals surface area contributed by atoms with E-state index in [2.05, 4.69) is 29.7 Å². The molecule has 30 heavy (non-hydrogen) atoms. The van der Waals surface area contributed by atoms with Crippen molar-refractivity contribution in [2.75, 3.05) is 5.32 Å². The van der Waals surface area contributed by atoms with Crippen LogP contribution in [0.25, 0.3) is 5.69 Å². The molecule has 5 nitrogen and oxygen atoms in total. The monoisotopic (exact) mass is 420 g/mol. The van der Waals surface area contributed by atoms with Gasteiger partial charge in [0.15, 0.2) is 0 Å². The molecule has 0 saturated carbocycles. The van der Waals surface area contributed by atoms with Crippen LogP contribution in [-0.4, -0.2) is 21.9 Å². The molecule has 3 aromatic rings. The standard InChI is InChI=1S/C24H25ClN4O/c1-15-9-12-21(14-22(15)25)29-17(3)23(16(2)28-29)18-10-11-20(13-18)27-24(30)26-19-7-5-4-6-8-19/h4-12,14,18,20H,13H2,1-3H3,(H2,26,27,30)/t18-,20+/m0/s1. The summed E-state index contributed by atoms with van der Waals surface area (Å²) >= 11 is 6.32. The molecule has 6 heteroatoms. The fourth-order valence-electron chi connectivity index (χ4n) is 4.03. The number of aromatic nitrogens is 2. The third-order valence-corrected chi connectivity index (χ3v) is 5.96. The summed E-state index contributed by atoms with van der Waals surface area (Å²) in [6.45, 7) is 6.11. The van der Waals surface area contributed by atoms with E-state index in [1.165, 1.54) is 5.56 Å². The Kier molecular flexibility index (Phi) is 5.64. The number of halogens is 1. The summed E-state index contributed by atoms with van der Waals surface area (Å²) in [5, 5.41) is 11.4. The van der Waals surface area contributed by atoms with Crippen molar-refractivity contribution in [1.29, 1.82) is 0 Å². The lowest BCUT2D eigenvalue weighted by Crippen LogP contribution is -2.36. The number of anilines is 1. The third kappa shape index (κ3) is 4.12. The van der Waals surface area contributed by atoms with Crippen LogP contribution in [0.5, 0.6) is 0 Å². The molecule has 2 amide bonds. The van der Waals surface area contributed by atoms with Crippen LogP contribution in [0.2, 0.25) is 5.02 Å². The minimum absolute atomic E-state index is 0.0188. The number of carbonyl (C=O) groups excluding carboxylic acids is 1. The Hall–Kier alpha value is -3.05. The van der Waals surface area contributed by atoms with Crippen molar-refractivity contribution in [3.05, 3.63) is 88.2 Å². The molecular weight excluding hydrogens is 396 g/mol. The van der Waals surface area contributed by atoms with Crippen molar-refractivity contribution in [2.45, 2.75) is 39.2 Å². The van der Waals surface area contributed by atoms with E-state index in [9.17, 15) is 4.79 Å². The zero-order valence-corrected chi connectivity index (χ0v) is 18.1. The Labute approximate surface area is 181 Å². The number of urea groups is 1. The average Bonchev–Trinajstić information content (AvgIpc) is 3.28. The van der Waals surface area contributed by atoms with Crippen molar-refractivity contribution in [3.63, 3.8) is 0 Å². The van der Waals surface area contributed by atoms with Gasteiger partial charge in [0.1, 0.15) is 0 Å². The number of nitrogens with zero attached hydrogens (tertiary/aromatic N) is 2. The van der Waals surface area contributed by atoms with Gasteiger partial charge in [0.25, 0.3) is 0 Å². The van der Waals surface area contributed by atoms with Gasteiger partial charge in [-0.1, -0.05) is 48.0 Å². The average molecular weight is 421 g/mol. The molecule has 154 valence electrons. The first kappa shape index (κ1) is 20.2. The van der Waals surface area contributed by atoms with Crippen molar-refractivity contribution in [1.82, 2.24) is 15.1 Å². The van der Waals surface area contributed by atoms with E-state index in [0.717, 1.165) is 39.8 Å². The topological polar surface area (TPSA) is 59.0 Å². The van der Waals surface area contributed by atoms with Crippen LogP contribution >= 0.6 is 11.6 Å². The lowest BCUT2D eigenvalue weighted by molar-refractivity contribution is 0.250. The highest BCUT2D eigenvalue weighted by molar-refractivity contribution is 6.31. The van der Waals surface area contributed by atoms with Crippen LogP contribution in [0.1, 0.15) is 34.9 Å². The Morgan fingerprint density at radius 2 is 1.87 bits per heavy atom. The van der Waals surface area contributed by atoms with Gasteiger partial charge in [-0.25, -0.2) is 9.48 Å². The fraction of sp³-hybridized carbons (Fsp3) is 0.250. The Morgan fingerprint density at radius 3 is 2.60 bits per heavy atom. The van der Waals surface area contributed by atoms with Crippen molar-refractivity contribution in [2.24, 2.45) is 0 Å². The van der Waals surface area contributed by atoms with E-state index in [1.807, 2.05) is 67.1 Å². The van der Waals surface area contributed by atoms with Gasteiger partial charge in [0.2, 0.25) is 0 Å². The smallest absolute Gasteiger partial charge is 0.319 e. The first-order valence-corrected chi connectivity index (χ1v) is 10.4. The summed E-state index contributed by atoms with van der Waals surface area (Å²) in [6.07, 6.45) is 5.04. The molecule has 1 aromatic heterocycles. The van der Waals surface area contributed by atoms with E-state index >= 15 is 0 Å². The predicted octanol–water partition coefficient (Wildman–Crippen LogP) is 5.68. The minimum Gasteiger partial charge on any atom is -0.332 e. The van der Waals surface area contributed by atoms with Gasteiger partial charge in [0, 0.05) is 33.9 Å². The molecule has 0 aliphatic heterocycles. The molecule has 0 fully saturated rings. The number of hydrogen-bond donors (Lipinski definition) is 2. The quantitative estimate of drug-likeness (QED) is 0.533. The number of hydrogen-bond acceptors (Lipinski definition) is 2. The van der Waals surface area contributed by atoms with Crippen LogP contribution in [0.3, 0.4) is 0 Å². The molecule has 0 unspecified atom stereocenters. The van der Waals surface area contributed by atoms with Gasteiger partial charge in [-0.05, 0) is 57.0 Å². The van der Waals surface area contributed by atoms with Gasteiger partial charge < -0.3 is 10.6 Å². The maximum absolute atomic E-state index is 12.3. The number of amides is 2. The van der Waals surface area contributed by atoms with E-state index in [4.69, 9.17) is 16.7 Å². The molecule has 2 atom stereocenters. The number of benzene rings is 2. The highest BCUT2D eigenvalue weighted by atomic mass is 35.5. The summed E-state index contributed by atoms with van der Waals surface area (Å²) in [7, 11) is 0. The molecule has 4 rings (SSSR count). The Bertz CT molecular complexity index is 1100. The van der Waals surface area contributed by atoms with E-state index in [0.29, 0.717) is 0 Å². The van der Waals surface area contributed by atoms with Gasteiger partial charge in [0.05, 0.1) is 11.4 Å². The molecule has 1 aliphatic rings. The number of aryl methyl sites for hydroxylation is 2. The van der Waals surface area contributed by atoms with Gasteiger partial charge in [-0.2, -0.15) is 5.10 Å². The second-order valence-corrected chi connectivity index (χ2v) is 8.14. The lowest BCUT2D eigenvalue weighted by atomic mass is 9.96. The molecule has 0 bridgehead atoms. The van der Waals surface area contributed by atoms with E-state index in [-0.39, 0.29) is 18.0 Å². The second-order valence-electron chi connectivity index (χ2n) is 7.73. The van der Waals surface area contributed by atoms with Crippen molar-refractivity contribution >= 4 is 23.3 Å². The van der Waals surface area contributed by atoms with Crippen LogP contribution in [-0.2, 0) is 0 Å². The van der Waals surface area contributed by atoms with Crippen molar-refractivity contribution in [3.8, 4) is 5.69 Å². The van der Waals surface area contributed by atoms with E-state index < -0.39 is 0 Å². The molecular formula is C24H25ClN4O. The molecule has 0 spiro atoms. The molecule has 2 N–H and O–H groups in total. The number of rotatable bonds is 4. The summed E-state index contributed by atoms with van der Waals surface area (Å²) in [6, 6.07) is 15.2. The largest absolute Gasteiger partial charge is 0.332 e. The minimum atomic E-state index is -0.199. The number of carbonyl (C=O) groups is 1. The van der Waals surface area contributed by atoms with Crippen LogP contribution in [0.4, 0.5) is 10.5 Å². The maximum atomic E-state index is 12.3. The lowest BCUT2D eigenvalue weighted by Gasteiger charge is -2.15. The first-order chi connectivity index (χ1) is 14.4. The SMILES string of the molecule is Cc1ccc(-n2nc(C)c([C@H]3C=C[C@@H](NC(=O)Nc4ccccc4)C3)c2C)cc1Cl. The fourth-order valence-corrected chi connectivity index (χ4v) is 4.21. The molecule has 0 saturated heterocycles. The van der Waals surface area contributed by atoms with Crippen LogP contribution in [0.15, 0.2) is 60.7 Å². The van der Waals surface area contributed by atoms with Gasteiger partial charge in [-0.15, -0.1) is 0 Å². The second kappa shape index (κ2) is 8.36. The Balaban J connectivity index is 1.47. The number of nitrogens with one attached hydrogen (secondary N) is 2. The van der Waals surface area contributed by atoms with Crippen molar-refractivity contribution < 1.29 is 4.79 Å². The van der Waals surface area contributed by atoms with Gasteiger partial charge in [-0.3, -0.25) is 0 Å². The summed E-state index contributed by atoms with van der Waals surface area (Å²) in [5.74, 6) is 0.210. The third-order valence-electron chi connectivity index (χ3n) is 5.55. The molecule has 2 aromatic carbocycles. The van der Waals surface area contributed by atoms with Crippen LogP contribution in [0, 0.1) is 20.8 Å². The Morgan fingerprint density at radius 1 is 1.10 bits per heavy atom. The zero-order chi connectivity index (χ0) is 21.3. The number of para-hydroxylation sites is 1. The zero-order valence-electron chi connectivity index (χ0n) is 17.3. The number of allylic oxidation sites excluding steroid dienone is 1. The maximum Gasteiger partial charge on any atom is 0.319 e. The highest BCUT2D eigenvalue weighted by Crippen LogP contribution is 2.34. The van der Waals surface area contributed by atoms with E-state index in [1.54, 1.807) is 0 Å². The van der Waals surface area contributed by atoms with Gasteiger partial charge >= 0.3 is 6.03 Å². The highest BCUT2D eigenvalue weighted by Gasteiger charge is 2.27. The normalized spacial score (nSPS) is 17.9. The summed E-state index contributed by atoms with van der Waals surface area (Å²) in [4.78, 5) is 12.3. The molecule has 1 aliphatic carbocycles. The predicted molar refractivity (Wildman–Crippen MR) is 122 cm³/mol. The van der Waals surface area contributed by atoms with Crippen LogP contribution < -0.4 is 10.6 Å². The molecule has 1 heterocycles. The molecule has 0 radical (unpaired) electrons. The first-order valence-electron chi connectivity index (χ1n) is 10.1.